The molecule has 0 aromatic heterocycles. The highest BCUT2D eigenvalue weighted by atomic mass is 16.4. The maximum Gasteiger partial charge on any atom is 0.307 e. The molecule has 19 heavy (non-hydrogen) atoms. The number of anilines is 1. The summed E-state index contributed by atoms with van der Waals surface area (Å²) in [6, 6.07) is 7.88. The molecule has 0 heterocycles. The first-order chi connectivity index (χ1) is 9.19. The van der Waals surface area contributed by atoms with Gasteiger partial charge in [-0.2, -0.15) is 0 Å². The van der Waals surface area contributed by atoms with Crippen LogP contribution in [0.2, 0.25) is 0 Å². The molecule has 0 aliphatic heterocycles. The van der Waals surface area contributed by atoms with E-state index in [1.165, 1.54) is 0 Å². The molecule has 0 aliphatic carbocycles. The van der Waals surface area contributed by atoms with Crippen molar-refractivity contribution in [3.8, 4) is 0 Å². The Bertz CT molecular complexity index is 382. The lowest BCUT2D eigenvalue weighted by molar-refractivity contribution is -0.136. The molecule has 0 spiro atoms. The van der Waals surface area contributed by atoms with E-state index in [1.807, 2.05) is 24.3 Å². The van der Waals surface area contributed by atoms with Crippen molar-refractivity contribution in [2.24, 2.45) is 0 Å². The van der Waals surface area contributed by atoms with Crippen LogP contribution in [0.4, 0.5) is 5.69 Å². The Morgan fingerprint density at radius 3 is 2.21 bits per heavy atom. The number of hydrogen-bond acceptors (Lipinski definition) is 2. The fourth-order valence-corrected chi connectivity index (χ4v) is 2.18. The number of nitrogens with zero attached hydrogens (tertiary/aromatic N) is 1. The quantitative estimate of drug-likeness (QED) is 0.738. The summed E-state index contributed by atoms with van der Waals surface area (Å²) in [4.78, 5) is 13.3. The molecule has 0 saturated carbocycles. The molecule has 1 aromatic rings. The van der Waals surface area contributed by atoms with E-state index in [0.29, 0.717) is 0 Å². The van der Waals surface area contributed by atoms with Crippen molar-refractivity contribution in [3.05, 3.63) is 29.8 Å². The van der Waals surface area contributed by atoms with Crippen molar-refractivity contribution in [1.82, 2.24) is 0 Å². The number of carbonyl (C=O) groups is 1. The van der Waals surface area contributed by atoms with Crippen LogP contribution in [0.1, 0.15) is 45.1 Å². The van der Waals surface area contributed by atoms with Crippen LogP contribution in [-0.2, 0) is 11.2 Å². The molecular formula is C16H25NO2. The van der Waals surface area contributed by atoms with E-state index in [4.69, 9.17) is 5.11 Å². The summed E-state index contributed by atoms with van der Waals surface area (Å²) in [6.07, 6.45) is 4.70. The minimum Gasteiger partial charge on any atom is -0.481 e. The maximum atomic E-state index is 11.0. The predicted octanol–water partition coefficient (Wildman–Crippen LogP) is 3.72. The van der Waals surface area contributed by atoms with E-state index in [0.717, 1.165) is 50.0 Å². The molecule has 3 nitrogen and oxygen atoms in total. The van der Waals surface area contributed by atoms with Gasteiger partial charge >= 0.3 is 5.97 Å². The van der Waals surface area contributed by atoms with Gasteiger partial charge in [-0.3, -0.25) is 4.79 Å². The summed E-state index contributed by atoms with van der Waals surface area (Å²) in [5.74, 6) is -0.765. The molecule has 0 unspecified atom stereocenters. The largest absolute Gasteiger partial charge is 0.481 e. The van der Waals surface area contributed by atoms with Crippen LogP contribution in [-0.4, -0.2) is 24.2 Å². The number of hydrogen-bond donors (Lipinski definition) is 1. The molecule has 1 aromatic carbocycles. The van der Waals surface area contributed by atoms with E-state index in [1.54, 1.807) is 0 Å². The SMILES string of the molecule is CCCCN(CCCC)c1ccccc1CC(=O)O. The lowest BCUT2D eigenvalue weighted by Crippen LogP contribution is -2.27. The van der Waals surface area contributed by atoms with Crippen LogP contribution in [0.3, 0.4) is 0 Å². The van der Waals surface area contributed by atoms with Crippen molar-refractivity contribution in [2.75, 3.05) is 18.0 Å². The average Bonchev–Trinajstić information content (AvgIpc) is 2.39. The highest BCUT2D eigenvalue weighted by Crippen LogP contribution is 2.22. The second kappa shape index (κ2) is 8.57. The van der Waals surface area contributed by atoms with Crippen LogP contribution in [0, 0.1) is 0 Å². The zero-order chi connectivity index (χ0) is 14.1. The normalized spacial score (nSPS) is 10.4. The van der Waals surface area contributed by atoms with Crippen molar-refractivity contribution in [2.45, 2.75) is 46.0 Å². The van der Waals surface area contributed by atoms with Gasteiger partial charge in [0, 0.05) is 18.8 Å². The van der Waals surface area contributed by atoms with Crippen LogP contribution in [0.5, 0.6) is 0 Å². The first-order valence-corrected chi connectivity index (χ1v) is 7.23. The predicted molar refractivity (Wildman–Crippen MR) is 79.8 cm³/mol. The van der Waals surface area contributed by atoms with Crippen molar-refractivity contribution < 1.29 is 9.90 Å². The second-order valence-electron chi connectivity index (χ2n) is 4.89. The highest BCUT2D eigenvalue weighted by molar-refractivity contribution is 5.73. The number of unbranched alkanes of at least 4 members (excludes halogenated alkanes) is 2. The number of carboxylic acids is 1. The van der Waals surface area contributed by atoms with Crippen molar-refractivity contribution in [3.63, 3.8) is 0 Å². The minimum absolute atomic E-state index is 0.102. The van der Waals surface area contributed by atoms with Crippen LogP contribution in [0.25, 0.3) is 0 Å². The Balaban J connectivity index is 2.88. The summed E-state index contributed by atoms with van der Waals surface area (Å²) < 4.78 is 0. The molecule has 0 radical (unpaired) electrons. The maximum absolute atomic E-state index is 11.0. The Kier molecular flexibility index (Phi) is 7.01. The first kappa shape index (κ1) is 15.5. The van der Waals surface area contributed by atoms with Crippen molar-refractivity contribution >= 4 is 11.7 Å². The molecule has 1 rings (SSSR count). The average molecular weight is 263 g/mol. The molecule has 0 atom stereocenters. The summed E-state index contributed by atoms with van der Waals surface area (Å²) >= 11 is 0. The number of carboxylic acid groups (broad SMARTS) is 1. The number of rotatable bonds is 9. The van der Waals surface area contributed by atoms with Gasteiger partial charge in [0.05, 0.1) is 6.42 Å². The Morgan fingerprint density at radius 2 is 1.68 bits per heavy atom. The van der Waals surface area contributed by atoms with Gasteiger partial charge in [0.25, 0.3) is 0 Å². The lowest BCUT2D eigenvalue weighted by atomic mass is 10.1. The van der Waals surface area contributed by atoms with Gasteiger partial charge in [-0.05, 0) is 24.5 Å². The molecular weight excluding hydrogens is 238 g/mol. The fourth-order valence-electron chi connectivity index (χ4n) is 2.18. The molecule has 0 fully saturated rings. The first-order valence-electron chi connectivity index (χ1n) is 7.23. The molecule has 1 N–H and O–H groups in total. The van der Waals surface area contributed by atoms with Gasteiger partial charge in [-0.1, -0.05) is 44.9 Å². The number of benzene rings is 1. The third kappa shape index (κ3) is 5.33. The topological polar surface area (TPSA) is 40.5 Å². The van der Waals surface area contributed by atoms with Gasteiger partial charge in [-0.15, -0.1) is 0 Å². The molecule has 3 heteroatoms. The van der Waals surface area contributed by atoms with Crippen LogP contribution < -0.4 is 4.90 Å². The summed E-state index contributed by atoms with van der Waals surface area (Å²) in [5, 5.41) is 9.01. The van der Waals surface area contributed by atoms with Crippen LogP contribution >= 0.6 is 0 Å². The zero-order valence-corrected chi connectivity index (χ0v) is 12.1. The molecule has 0 bridgehead atoms. The van der Waals surface area contributed by atoms with Gasteiger partial charge in [-0.25, -0.2) is 0 Å². The van der Waals surface area contributed by atoms with Gasteiger partial charge in [0.15, 0.2) is 0 Å². The molecule has 106 valence electrons. The second-order valence-corrected chi connectivity index (χ2v) is 4.89. The van der Waals surface area contributed by atoms with Gasteiger partial charge in [0.2, 0.25) is 0 Å². The smallest absolute Gasteiger partial charge is 0.307 e. The van der Waals surface area contributed by atoms with Crippen molar-refractivity contribution in [1.29, 1.82) is 0 Å². The highest BCUT2D eigenvalue weighted by Gasteiger charge is 2.12. The number of aliphatic carboxylic acids is 1. The van der Waals surface area contributed by atoms with E-state index in [2.05, 4.69) is 18.7 Å². The minimum atomic E-state index is -0.765. The lowest BCUT2D eigenvalue weighted by Gasteiger charge is -2.26. The van der Waals surface area contributed by atoms with Gasteiger partial charge in [0.1, 0.15) is 0 Å². The monoisotopic (exact) mass is 263 g/mol. The van der Waals surface area contributed by atoms with E-state index >= 15 is 0 Å². The summed E-state index contributed by atoms with van der Waals surface area (Å²) in [5.41, 5.74) is 2.01. The Morgan fingerprint density at radius 1 is 1.11 bits per heavy atom. The van der Waals surface area contributed by atoms with E-state index in [9.17, 15) is 4.79 Å². The summed E-state index contributed by atoms with van der Waals surface area (Å²) in [7, 11) is 0. The third-order valence-corrected chi connectivity index (χ3v) is 3.24. The van der Waals surface area contributed by atoms with E-state index < -0.39 is 5.97 Å². The molecule has 0 saturated heterocycles. The molecule has 0 aliphatic rings. The Hall–Kier alpha value is -1.51. The zero-order valence-electron chi connectivity index (χ0n) is 12.1. The third-order valence-electron chi connectivity index (χ3n) is 3.24. The van der Waals surface area contributed by atoms with E-state index in [-0.39, 0.29) is 6.42 Å². The Labute approximate surface area is 116 Å². The van der Waals surface area contributed by atoms with Gasteiger partial charge < -0.3 is 10.0 Å². The molecule has 0 amide bonds. The fraction of sp³-hybridized carbons (Fsp3) is 0.562. The van der Waals surface area contributed by atoms with Crippen LogP contribution in [0.15, 0.2) is 24.3 Å². The summed E-state index contributed by atoms with van der Waals surface area (Å²) in [6.45, 7) is 6.38. The standard InChI is InChI=1S/C16H25NO2/c1-3-5-11-17(12-6-4-2)15-10-8-7-9-14(15)13-16(18)19/h7-10H,3-6,11-13H2,1-2H3,(H,18,19). The number of para-hydroxylation sites is 1.